The number of ketones is 3. The fraction of sp³-hybridized carbons (Fsp3) is 0.238. The third-order valence-electron chi connectivity index (χ3n) is 13.7. The molecule has 3 aromatic heterocycles. The molecule has 93 heavy (non-hydrogen) atoms. The first-order chi connectivity index (χ1) is 44.2. The van der Waals surface area contributed by atoms with Gasteiger partial charge < -0.3 is 102 Å². The molecule has 30 heteroatoms. The van der Waals surface area contributed by atoms with Crippen LogP contribution in [0, 0.1) is 7.14 Å². The van der Waals surface area contributed by atoms with Gasteiger partial charge in [-0.25, -0.2) is 0 Å². The van der Waals surface area contributed by atoms with E-state index >= 15 is 0 Å². The average Bonchev–Trinajstić information content (AvgIpc) is 1.66. The van der Waals surface area contributed by atoms with Gasteiger partial charge in [0.15, 0.2) is 57.6 Å². The van der Waals surface area contributed by atoms with Gasteiger partial charge in [0.05, 0.1) is 64.0 Å². The third-order valence-corrected chi connectivity index (χ3v) is 16.5. The highest BCUT2D eigenvalue weighted by atomic mass is 127. The van der Waals surface area contributed by atoms with Gasteiger partial charge in [0, 0.05) is 129 Å². The molecule has 492 valence electrons. The Morgan fingerprint density at radius 3 is 1.00 bits per heavy atom. The number of anilines is 2. The predicted octanol–water partition coefficient (Wildman–Crippen LogP) is 8.66. The molecule has 0 aliphatic heterocycles. The third kappa shape index (κ3) is 17.6. The van der Waals surface area contributed by atoms with Gasteiger partial charge in [-0.2, -0.15) is 0 Å². The monoisotopic (exact) mass is 1640 g/mol. The number of amides is 3. The second-order valence-electron chi connectivity index (χ2n) is 20.4. The van der Waals surface area contributed by atoms with Crippen LogP contribution in [0.3, 0.4) is 0 Å². The normalized spacial score (nSPS) is 11.0. The smallest absolute Gasteiger partial charge is 0.217 e. The summed E-state index contributed by atoms with van der Waals surface area (Å²) in [6.45, 7) is 0.371. The summed E-state index contributed by atoms with van der Waals surface area (Å²) in [5, 5.41) is 88.5. The highest BCUT2D eigenvalue weighted by Crippen LogP contribution is 2.43. The van der Waals surface area contributed by atoms with Crippen LogP contribution in [0.2, 0.25) is 0 Å². The molecule has 0 aliphatic carbocycles. The molecule has 0 unspecified atom stereocenters. The van der Waals surface area contributed by atoms with E-state index in [1.54, 1.807) is 12.1 Å². The van der Waals surface area contributed by atoms with E-state index in [1.165, 1.54) is 60.7 Å². The van der Waals surface area contributed by atoms with E-state index in [-0.39, 0.29) is 203 Å². The second kappa shape index (κ2) is 32.3. The lowest BCUT2D eigenvalue weighted by Gasteiger charge is -2.08. The van der Waals surface area contributed by atoms with Crippen molar-refractivity contribution in [1.82, 2.24) is 0 Å². The van der Waals surface area contributed by atoms with Crippen molar-refractivity contribution in [2.45, 2.75) is 57.8 Å². The fourth-order valence-electron chi connectivity index (χ4n) is 9.20. The van der Waals surface area contributed by atoms with Crippen LogP contribution in [0.4, 0.5) is 11.4 Å². The minimum Gasteiger partial charge on any atom is -0.506 e. The molecule has 0 spiro atoms. The van der Waals surface area contributed by atoms with E-state index in [2.05, 4.69) is 31.9 Å². The largest absolute Gasteiger partial charge is 0.506 e. The van der Waals surface area contributed by atoms with Crippen LogP contribution in [-0.4, -0.2) is 121 Å². The SMILES string of the molecule is NC(=O)CCc1oc2cc(OCCCO)c(O)cc2c1C(=O)c1cc(Br)c(O)c(Br)c1.NC(=O)CCc1oc2cc(OCCCO)c(O)cc2c1C(=O)c1cc(I)c(O)c(I)c1.NC(=O)CCc1oc2cc(OCCCO)c(O)cc2c1C(=O)c1cc(N)c(O)c(N)c1. The number of carbonyl (C=O) groups is 6. The number of primary amides is 3. The number of rotatable bonds is 27. The van der Waals surface area contributed by atoms with Crippen molar-refractivity contribution >= 4 is 156 Å². The molecule has 3 amide bonds. The Morgan fingerprint density at radius 2 is 0.710 bits per heavy atom. The number of phenols is 6. The van der Waals surface area contributed by atoms with Gasteiger partial charge in [0.25, 0.3) is 0 Å². The molecule has 0 radical (unpaired) electrons. The molecule has 9 aromatic rings. The van der Waals surface area contributed by atoms with Gasteiger partial charge >= 0.3 is 0 Å². The first-order valence-electron chi connectivity index (χ1n) is 28.0. The number of aryl methyl sites for hydroxylation is 3. The number of nitrogens with two attached hydrogens (primary N) is 5. The van der Waals surface area contributed by atoms with E-state index < -0.39 is 29.3 Å². The number of hydrogen-bond donors (Lipinski definition) is 14. The first kappa shape index (κ1) is 71.9. The number of aromatic hydroxyl groups is 6. The molecular weight excluding hydrogens is 1580 g/mol. The molecule has 6 aromatic carbocycles. The standard InChI is InChI=1S/C21H19Br2NO7.C21H19I2NO7.C21H23N3O7/c3*22-12-6-10(7-13(23)21(12)29)20(28)19-11-8-14(26)17(30-5-1-4-25)9-16(11)31-15(19)2-3-18(24)27/h2*6-9,25-26,29H,1-5H2,(H2,24,27);6-9,25-26,29H,1-5,22-23H2,(H2,24,27). The summed E-state index contributed by atoms with van der Waals surface area (Å²) in [7, 11) is 0. The Kier molecular flexibility index (Phi) is 25.0. The lowest BCUT2D eigenvalue weighted by atomic mass is 9.97. The molecule has 0 saturated heterocycles. The lowest BCUT2D eigenvalue weighted by molar-refractivity contribution is -0.118. The van der Waals surface area contributed by atoms with Crippen molar-refractivity contribution < 1.29 is 102 Å². The number of halogens is 4. The molecule has 0 bridgehead atoms. The minimum atomic E-state index is -0.576. The van der Waals surface area contributed by atoms with Gasteiger partial charge in [-0.3, -0.25) is 28.8 Å². The van der Waals surface area contributed by atoms with E-state index in [9.17, 15) is 59.4 Å². The molecule has 3 heterocycles. The van der Waals surface area contributed by atoms with Crippen LogP contribution in [0.1, 0.15) is 104 Å². The van der Waals surface area contributed by atoms with Crippen LogP contribution in [0.25, 0.3) is 32.9 Å². The van der Waals surface area contributed by atoms with Crippen molar-refractivity contribution in [3.63, 3.8) is 0 Å². The van der Waals surface area contributed by atoms with Crippen molar-refractivity contribution in [1.29, 1.82) is 0 Å². The molecule has 0 atom stereocenters. The summed E-state index contributed by atoms with van der Waals surface area (Å²) in [6, 6.07) is 17.0. The zero-order valence-corrected chi connectivity index (χ0v) is 56.3. The fourth-order valence-corrected chi connectivity index (χ4v) is 12.2. The number of benzene rings is 6. The summed E-state index contributed by atoms with van der Waals surface area (Å²) in [6.07, 6.45) is 1.28. The number of aliphatic hydroxyl groups is 3. The second-order valence-corrected chi connectivity index (χ2v) is 24.4. The highest BCUT2D eigenvalue weighted by Gasteiger charge is 2.29. The molecule has 0 aliphatic rings. The van der Waals surface area contributed by atoms with Crippen LogP contribution < -0.4 is 42.9 Å². The topological polar surface area (TPSA) is 482 Å². The Morgan fingerprint density at radius 1 is 0.419 bits per heavy atom. The number of nitrogen functional groups attached to an aromatic ring is 2. The van der Waals surface area contributed by atoms with E-state index in [0.29, 0.717) is 62.7 Å². The van der Waals surface area contributed by atoms with Crippen LogP contribution in [0.5, 0.6) is 51.7 Å². The summed E-state index contributed by atoms with van der Waals surface area (Å²) >= 11 is 10.3. The zero-order valence-electron chi connectivity index (χ0n) is 48.9. The van der Waals surface area contributed by atoms with Crippen molar-refractivity contribution in [3.05, 3.63) is 140 Å². The van der Waals surface area contributed by atoms with Gasteiger partial charge in [-0.05, 0) is 132 Å². The van der Waals surface area contributed by atoms with Crippen molar-refractivity contribution in [3.8, 4) is 51.7 Å². The number of hydrogen-bond acceptors (Lipinski definition) is 23. The average molecular weight is 1640 g/mol. The number of carbonyl (C=O) groups excluding carboxylic acids is 6. The molecule has 0 fully saturated rings. The first-order valence-corrected chi connectivity index (χ1v) is 31.7. The maximum atomic E-state index is 13.4. The van der Waals surface area contributed by atoms with E-state index in [1.807, 2.05) is 45.2 Å². The van der Waals surface area contributed by atoms with Gasteiger partial charge in [0.2, 0.25) is 17.7 Å². The predicted molar refractivity (Wildman–Crippen MR) is 362 cm³/mol. The maximum absolute atomic E-state index is 13.4. The number of fused-ring (bicyclic) bond motifs is 3. The van der Waals surface area contributed by atoms with Crippen LogP contribution >= 0.6 is 77.0 Å². The number of phenolic OH excluding ortho intramolecular Hbond substituents is 6. The van der Waals surface area contributed by atoms with Gasteiger partial charge in [-0.15, -0.1) is 0 Å². The molecule has 26 nitrogen and oxygen atoms in total. The Balaban J connectivity index is 0.000000198. The minimum absolute atomic E-state index is 0.0173. The summed E-state index contributed by atoms with van der Waals surface area (Å²) in [5.41, 5.74) is 29.1. The lowest BCUT2D eigenvalue weighted by Crippen LogP contribution is -2.12. The molecule has 0 saturated carbocycles. The summed E-state index contributed by atoms with van der Waals surface area (Å²) in [4.78, 5) is 74.0. The van der Waals surface area contributed by atoms with Crippen LogP contribution in [-0.2, 0) is 33.6 Å². The Bertz CT molecular complexity index is 3840. The van der Waals surface area contributed by atoms with E-state index in [4.69, 9.17) is 71.4 Å². The maximum Gasteiger partial charge on any atom is 0.217 e. The Labute approximate surface area is 571 Å². The van der Waals surface area contributed by atoms with Crippen molar-refractivity contribution in [2.24, 2.45) is 17.2 Å². The number of ether oxygens (including phenoxy) is 3. The van der Waals surface area contributed by atoms with Crippen LogP contribution in [0.15, 0.2) is 95.0 Å². The summed E-state index contributed by atoms with van der Waals surface area (Å²) < 4.78 is 35.5. The zero-order chi connectivity index (χ0) is 68.1. The number of aliphatic hydroxyl groups excluding tert-OH is 3. The number of furan rings is 3. The summed E-state index contributed by atoms with van der Waals surface area (Å²) in [5.74, 6) is -2.77. The van der Waals surface area contributed by atoms with Gasteiger partial charge in [-0.1, -0.05) is 0 Å². The van der Waals surface area contributed by atoms with E-state index in [0.717, 1.165) is 0 Å². The molecule has 9 rings (SSSR count). The molecule has 19 N–H and O–H groups in total. The Hall–Kier alpha value is -8.54. The molecular formula is C63H61Br2I2N5O21. The van der Waals surface area contributed by atoms with Gasteiger partial charge in [0.1, 0.15) is 45.5 Å². The quantitative estimate of drug-likeness (QED) is 0.00752. The highest BCUT2D eigenvalue weighted by molar-refractivity contribution is 14.1. The van der Waals surface area contributed by atoms with Crippen molar-refractivity contribution in [2.75, 3.05) is 51.1 Å².